The van der Waals surface area contributed by atoms with Gasteiger partial charge >= 0.3 is 6.03 Å². The number of hydrogen-bond acceptors (Lipinski definition) is 2. The van der Waals surface area contributed by atoms with Gasteiger partial charge in [-0.15, -0.1) is 0 Å². The van der Waals surface area contributed by atoms with E-state index < -0.39 is 0 Å². The molecule has 1 aliphatic heterocycles. The minimum atomic E-state index is -0.329. The van der Waals surface area contributed by atoms with Crippen LogP contribution in [0.5, 0.6) is 0 Å². The van der Waals surface area contributed by atoms with E-state index in [9.17, 15) is 14.0 Å². The van der Waals surface area contributed by atoms with Crippen LogP contribution in [-0.4, -0.2) is 43.0 Å². The van der Waals surface area contributed by atoms with Gasteiger partial charge in [-0.1, -0.05) is 19.3 Å². The third-order valence-corrected chi connectivity index (χ3v) is 4.88. The van der Waals surface area contributed by atoms with Gasteiger partial charge in [0.25, 0.3) is 0 Å². The lowest BCUT2D eigenvalue weighted by Gasteiger charge is -2.22. The van der Waals surface area contributed by atoms with Crippen molar-refractivity contribution < 1.29 is 14.0 Å². The number of carbonyl (C=O) groups excluding carboxylic acids is 2. The van der Waals surface area contributed by atoms with Crippen LogP contribution in [0.1, 0.15) is 32.1 Å². The van der Waals surface area contributed by atoms with Crippen LogP contribution in [0.2, 0.25) is 0 Å². The standard InChI is InChI=1S/C18H24FN3O2/c19-15-6-8-16(9-7-15)22-11-10-21(18(22)24)13-17(23)20-12-14-4-2-1-3-5-14/h6-9,14H,1-5,10-13H2,(H,20,23). The van der Waals surface area contributed by atoms with Crippen molar-refractivity contribution in [3.63, 3.8) is 0 Å². The molecule has 3 rings (SSSR count). The fraction of sp³-hybridized carbons (Fsp3) is 0.556. The first kappa shape index (κ1) is 16.7. The quantitative estimate of drug-likeness (QED) is 0.901. The Labute approximate surface area is 141 Å². The van der Waals surface area contributed by atoms with Gasteiger partial charge in [0.2, 0.25) is 5.91 Å². The van der Waals surface area contributed by atoms with E-state index >= 15 is 0 Å². The maximum atomic E-state index is 13.0. The summed E-state index contributed by atoms with van der Waals surface area (Å²) in [5.74, 6) is 0.145. The summed E-state index contributed by atoms with van der Waals surface area (Å²) >= 11 is 0. The fourth-order valence-electron chi connectivity index (χ4n) is 3.47. The second-order valence-electron chi connectivity index (χ2n) is 6.64. The Morgan fingerprint density at radius 2 is 1.83 bits per heavy atom. The molecular formula is C18H24FN3O2. The van der Waals surface area contributed by atoms with Crippen LogP contribution in [0.25, 0.3) is 0 Å². The predicted molar refractivity (Wildman–Crippen MR) is 90.3 cm³/mol. The number of anilines is 1. The molecule has 130 valence electrons. The Balaban J connectivity index is 1.48. The van der Waals surface area contributed by atoms with E-state index in [1.54, 1.807) is 21.9 Å². The highest BCUT2D eigenvalue weighted by molar-refractivity contribution is 5.96. The molecule has 1 heterocycles. The number of rotatable bonds is 5. The zero-order valence-electron chi connectivity index (χ0n) is 13.8. The van der Waals surface area contributed by atoms with E-state index in [1.807, 2.05) is 0 Å². The topological polar surface area (TPSA) is 52.7 Å². The average Bonchev–Trinajstić information content (AvgIpc) is 2.95. The number of amides is 3. The molecule has 3 amide bonds. The van der Waals surface area contributed by atoms with Crippen LogP contribution in [-0.2, 0) is 4.79 Å². The average molecular weight is 333 g/mol. The van der Waals surface area contributed by atoms with E-state index in [2.05, 4.69) is 5.32 Å². The summed E-state index contributed by atoms with van der Waals surface area (Å²) in [6, 6.07) is 5.64. The molecule has 0 aromatic heterocycles. The zero-order chi connectivity index (χ0) is 16.9. The van der Waals surface area contributed by atoms with Gasteiger partial charge in [-0.25, -0.2) is 9.18 Å². The first-order valence-electron chi connectivity index (χ1n) is 8.72. The van der Waals surface area contributed by atoms with Crippen molar-refractivity contribution in [3.8, 4) is 0 Å². The molecule has 6 heteroatoms. The van der Waals surface area contributed by atoms with Crippen molar-refractivity contribution in [2.45, 2.75) is 32.1 Å². The molecule has 0 unspecified atom stereocenters. The largest absolute Gasteiger partial charge is 0.354 e. The first-order chi connectivity index (χ1) is 11.6. The second kappa shape index (κ2) is 7.64. The highest BCUT2D eigenvalue weighted by Gasteiger charge is 2.30. The highest BCUT2D eigenvalue weighted by atomic mass is 19.1. The molecule has 1 saturated carbocycles. The molecule has 2 aliphatic rings. The molecule has 1 aromatic rings. The fourth-order valence-corrected chi connectivity index (χ4v) is 3.47. The number of nitrogens with zero attached hydrogens (tertiary/aromatic N) is 2. The Hall–Kier alpha value is -2.11. The van der Waals surface area contributed by atoms with Gasteiger partial charge in [-0.2, -0.15) is 0 Å². The lowest BCUT2D eigenvalue weighted by Crippen LogP contribution is -2.41. The van der Waals surface area contributed by atoms with Crippen LogP contribution in [0, 0.1) is 11.7 Å². The minimum absolute atomic E-state index is 0.0866. The molecular weight excluding hydrogens is 309 g/mol. The third-order valence-electron chi connectivity index (χ3n) is 4.88. The van der Waals surface area contributed by atoms with Crippen LogP contribution in [0.15, 0.2) is 24.3 Å². The van der Waals surface area contributed by atoms with Crippen molar-refractivity contribution >= 4 is 17.6 Å². The molecule has 5 nitrogen and oxygen atoms in total. The Kier molecular flexibility index (Phi) is 5.33. The highest BCUT2D eigenvalue weighted by Crippen LogP contribution is 2.23. The smallest absolute Gasteiger partial charge is 0.325 e. The molecule has 1 saturated heterocycles. The zero-order valence-corrected chi connectivity index (χ0v) is 13.8. The van der Waals surface area contributed by atoms with Crippen LogP contribution >= 0.6 is 0 Å². The summed E-state index contributed by atoms with van der Waals surface area (Å²) in [4.78, 5) is 27.6. The Morgan fingerprint density at radius 1 is 1.12 bits per heavy atom. The summed E-state index contributed by atoms with van der Waals surface area (Å²) in [6.07, 6.45) is 6.16. The van der Waals surface area contributed by atoms with Crippen molar-refractivity contribution in [1.82, 2.24) is 10.2 Å². The van der Waals surface area contributed by atoms with Gasteiger partial charge in [-0.05, 0) is 43.0 Å². The summed E-state index contributed by atoms with van der Waals surface area (Å²) in [5.41, 5.74) is 0.659. The van der Waals surface area contributed by atoms with Crippen LogP contribution in [0.4, 0.5) is 14.9 Å². The number of benzene rings is 1. The predicted octanol–water partition coefficient (Wildman–Crippen LogP) is 2.76. The summed E-state index contributed by atoms with van der Waals surface area (Å²) in [6.45, 7) is 1.82. The minimum Gasteiger partial charge on any atom is -0.354 e. The lowest BCUT2D eigenvalue weighted by molar-refractivity contribution is -0.121. The molecule has 1 aliphatic carbocycles. The normalized spacial score (nSPS) is 19.0. The van der Waals surface area contributed by atoms with E-state index in [-0.39, 0.29) is 24.3 Å². The Morgan fingerprint density at radius 3 is 2.54 bits per heavy atom. The molecule has 2 fully saturated rings. The molecule has 24 heavy (non-hydrogen) atoms. The molecule has 0 radical (unpaired) electrons. The second-order valence-corrected chi connectivity index (χ2v) is 6.64. The van der Waals surface area contributed by atoms with E-state index in [1.165, 1.54) is 44.2 Å². The maximum absolute atomic E-state index is 13.0. The molecule has 1 N–H and O–H groups in total. The SMILES string of the molecule is O=C(CN1CCN(c2ccc(F)cc2)C1=O)NCC1CCCCC1. The van der Waals surface area contributed by atoms with Gasteiger partial charge in [0.05, 0.1) is 0 Å². The molecule has 0 bridgehead atoms. The number of halogens is 1. The molecule has 0 spiro atoms. The number of nitrogens with one attached hydrogen (secondary N) is 1. The van der Waals surface area contributed by atoms with E-state index in [4.69, 9.17) is 0 Å². The van der Waals surface area contributed by atoms with Crippen molar-refractivity contribution in [3.05, 3.63) is 30.1 Å². The van der Waals surface area contributed by atoms with Crippen molar-refractivity contribution in [1.29, 1.82) is 0 Å². The Bertz CT molecular complexity index is 584. The molecule has 0 atom stereocenters. The number of urea groups is 1. The molecule has 1 aromatic carbocycles. The van der Waals surface area contributed by atoms with Gasteiger partial charge in [-0.3, -0.25) is 9.69 Å². The third kappa shape index (κ3) is 4.04. The van der Waals surface area contributed by atoms with Gasteiger partial charge in [0.1, 0.15) is 12.4 Å². The summed E-state index contributed by atoms with van der Waals surface area (Å²) in [5, 5.41) is 2.96. The lowest BCUT2D eigenvalue weighted by atomic mass is 9.89. The van der Waals surface area contributed by atoms with Crippen molar-refractivity contribution in [2.24, 2.45) is 5.92 Å². The first-order valence-corrected chi connectivity index (χ1v) is 8.72. The summed E-state index contributed by atoms with van der Waals surface area (Å²) in [7, 11) is 0. The monoisotopic (exact) mass is 333 g/mol. The van der Waals surface area contributed by atoms with Gasteiger partial charge in [0, 0.05) is 25.3 Å². The van der Waals surface area contributed by atoms with Crippen LogP contribution < -0.4 is 10.2 Å². The van der Waals surface area contributed by atoms with E-state index in [0.717, 1.165) is 0 Å². The summed E-state index contributed by atoms with van der Waals surface area (Å²) < 4.78 is 13.0. The number of carbonyl (C=O) groups is 2. The maximum Gasteiger partial charge on any atom is 0.325 e. The van der Waals surface area contributed by atoms with Gasteiger partial charge in [0.15, 0.2) is 0 Å². The van der Waals surface area contributed by atoms with Crippen LogP contribution in [0.3, 0.4) is 0 Å². The van der Waals surface area contributed by atoms with Crippen molar-refractivity contribution in [2.75, 3.05) is 31.1 Å². The number of hydrogen-bond donors (Lipinski definition) is 1. The van der Waals surface area contributed by atoms with E-state index in [0.29, 0.717) is 31.2 Å². The van der Waals surface area contributed by atoms with Gasteiger partial charge < -0.3 is 10.2 Å².